The van der Waals surface area contributed by atoms with E-state index in [1.165, 1.54) is 10.5 Å². The molecule has 38 heavy (non-hydrogen) atoms. The van der Waals surface area contributed by atoms with E-state index >= 15 is 0 Å². The van der Waals surface area contributed by atoms with Crippen LogP contribution in [0.3, 0.4) is 0 Å². The molecule has 3 heterocycles. The van der Waals surface area contributed by atoms with E-state index in [1.54, 1.807) is 30.2 Å². The summed E-state index contributed by atoms with van der Waals surface area (Å²) in [4.78, 5) is 44.6. The number of ether oxygens (including phenoxy) is 1. The van der Waals surface area contributed by atoms with Crippen LogP contribution < -0.4 is 10.5 Å². The topological polar surface area (TPSA) is 85.9 Å². The molecular weight excluding hydrogens is 511 g/mol. The zero-order valence-electron chi connectivity index (χ0n) is 21.9. The molecule has 10 heteroatoms. The van der Waals surface area contributed by atoms with E-state index in [2.05, 4.69) is 6.92 Å². The molecule has 2 atom stereocenters. The minimum absolute atomic E-state index is 0.0163. The molecule has 0 unspecified atom stereocenters. The number of hydrogen-bond acceptors (Lipinski definition) is 6. The van der Waals surface area contributed by atoms with Crippen molar-refractivity contribution < 1.29 is 18.7 Å². The second kappa shape index (κ2) is 12.6. The van der Waals surface area contributed by atoms with E-state index in [1.807, 2.05) is 16.7 Å². The highest BCUT2D eigenvalue weighted by molar-refractivity contribution is 6.30. The Kier molecular flexibility index (Phi) is 9.20. The molecule has 204 valence electrons. The number of aryl methyl sites for hydroxylation is 1. The van der Waals surface area contributed by atoms with Gasteiger partial charge < -0.3 is 9.64 Å². The average Bonchev–Trinajstić information content (AvgIpc) is 3.51. The lowest BCUT2D eigenvalue weighted by atomic mass is 10.0. The maximum atomic E-state index is 14.7. The van der Waals surface area contributed by atoms with E-state index < -0.39 is 12.2 Å². The van der Waals surface area contributed by atoms with Gasteiger partial charge in [0.25, 0.3) is 5.56 Å². The average molecular weight is 545 g/mol. The first-order chi connectivity index (χ1) is 18.3. The molecule has 0 bridgehead atoms. The Labute approximate surface area is 226 Å². The predicted octanol–water partition coefficient (Wildman–Crippen LogP) is 5.23. The largest absolute Gasteiger partial charge is 0.466 e. The lowest BCUT2D eigenvalue weighted by molar-refractivity contribution is -0.143. The Bertz CT molecular complexity index is 1340. The first-order valence-corrected chi connectivity index (χ1v) is 13.7. The number of benzene rings is 1. The number of carbonyl (C=O) groups is 2. The fourth-order valence-corrected chi connectivity index (χ4v) is 5.09. The number of halogens is 2. The van der Waals surface area contributed by atoms with Crippen molar-refractivity contribution in [2.45, 2.75) is 77.6 Å². The molecule has 0 amide bonds. The first kappa shape index (κ1) is 27.8. The number of rotatable bonds is 12. The van der Waals surface area contributed by atoms with Gasteiger partial charge in [-0.1, -0.05) is 43.5 Å². The smallest absolute Gasteiger partial charge is 0.305 e. The molecule has 3 aromatic rings. The van der Waals surface area contributed by atoms with Crippen molar-refractivity contribution in [1.82, 2.24) is 14.0 Å². The Balaban J connectivity index is 1.69. The van der Waals surface area contributed by atoms with E-state index in [9.17, 15) is 18.8 Å². The molecule has 0 N–H and O–H groups in total. The fraction of sp³-hybridized carbons (Fsp3) is 0.500. The SMILES string of the molecule is CCCCCn1c(N2C[C@H](F)C[C@H]2C(=O)CCCC(=O)OCC)cc(=O)n2cc(-c3ccc(Cl)cc3)nc12. The van der Waals surface area contributed by atoms with Crippen LogP contribution in [0.2, 0.25) is 5.02 Å². The van der Waals surface area contributed by atoms with Crippen molar-refractivity contribution in [3.05, 3.63) is 51.9 Å². The number of hydrogen-bond donors (Lipinski definition) is 0. The van der Waals surface area contributed by atoms with Crippen LogP contribution in [-0.4, -0.2) is 51.1 Å². The Morgan fingerprint density at radius 2 is 1.89 bits per heavy atom. The van der Waals surface area contributed by atoms with Gasteiger partial charge in [-0.3, -0.25) is 23.4 Å². The lowest BCUT2D eigenvalue weighted by Crippen LogP contribution is -2.39. The summed E-state index contributed by atoms with van der Waals surface area (Å²) in [5.41, 5.74) is 1.14. The minimum atomic E-state index is -1.20. The molecule has 0 radical (unpaired) electrons. The van der Waals surface area contributed by atoms with Crippen LogP contribution in [0.15, 0.2) is 41.3 Å². The Morgan fingerprint density at radius 1 is 1.13 bits per heavy atom. The zero-order valence-corrected chi connectivity index (χ0v) is 22.6. The maximum Gasteiger partial charge on any atom is 0.305 e. The van der Waals surface area contributed by atoms with Gasteiger partial charge in [0.2, 0.25) is 5.78 Å². The number of unbranched alkanes of at least 4 members (excludes halogenated alkanes) is 2. The number of imidazole rings is 1. The second-order valence-electron chi connectivity index (χ2n) is 9.63. The monoisotopic (exact) mass is 544 g/mol. The predicted molar refractivity (Wildman–Crippen MR) is 146 cm³/mol. The van der Waals surface area contributed by atoms with E-state index in [4.69, 9.17) is 21.3 Å². The van der Waals surface area contributed by atoms with Crippen LogP contribution in [-0.2, 0) is 20.9 Å². The van der Waals surface area contributed by atoms with Gasteiger partial charge in [-0.15, -0.1) is 0 Å². The quantitative estimate of drug-likeness (QED) is 0.229. The first-order valence-electron chi connectivity index (χ1n) is 13.3. The van der Waals surface area contributed by atoms with E-state index in [0.29, 0.717) is 35.3 Å². The number of fused-ring (bicyclic) bond motifs is 1. The standard InChI is InChI=1S/C28H34ClFN4O4/c1-3-5-6-14-32-25(33-17-21(30)15-23(33)24(35)8-7-9-27(37)38-4-2)16-26(36)34-18-22(31-28(32)34)19-10-12-20(29)13-11-19/h10-13,16,18,21,23H,3-9,14-15,17H2,1-2H3/t21-,23+/m1/s1. The van der Waals surface area contributed by atoms with Crippen molar-refractivity contribution in [2.24, 2.45) is 0 Å². The molecule has 4 rings (SSSR count). The molecule has 2 aromatic heterocycles. The molecule has 1 aromatic carbocycles. The molecule has 0 saturated carbocycles. The Morgan fingerprint density at radius 3 is 2.61 bits per heavy atom. The zero-order chi connectivity index (χ0) is 27.2. The summed E-state index contributed by atoms with van der Waals surface area (Å²) in [6, 6.07) is 7.99. The van der Waals surface area contributed by atoms with Gasteiger partial charge in [0.15, 0.2) is 5.78 Å². The molecular formula is C28H34ClFN4O4. The number of carbonyl (C=O) groups excluding carboxylic acids is 2. The molecule has 1 fully saturated rings. The Hall–Kier alpha value is -3.20. The van der Waals surface area contributed by atoms with Crippen LogP contribution in [0.5, 0.6) is 0 Å². The van der Waals surface area contributed by atoms with Gasteiger partial charge in [0.1, 0.15) is 12.0 Å². The summed E-state index contributed by atoms with van der Waals surface area (Å²) < 4.78 is 23.1. The third-order valence-electron chi connectivity index (χ3n) is 6.85. The number of anilines is 1. The number of Topliss-reactive ketones (excluding diaryl/α,β-unsaturated/α-hetero) is 1. The van der Waals surface area contributed by atoms with Crippen molar-refractivity contribution >= 4 is 34.9 Å². The number of esters is 1. The van der Waals surface area contributed by atoms with E-state index in [0.717, 1.165) is 24.8 Å². The van der Waals surface area contributed by atoms with Gasteiger partial charge in [-0.25, -0.2) is 9.37 Å². The molecule has 8 nitrogen and oxygen atoms in total. The lowest BCUT2D eigenvalue weighted by Gasteiger charge is -2.28. The number of ketones is 1. The summed E-state index contributed by atoms with van der Waals surface area (Å²) in [6.07, 6.45) is 3.99. The maximum absolute atomic E-state index is 14.7. The van der Waals surface area contributed by atoms with Gasteiger partial charge in [-0.2, -0.15) is 0 Å². The summed E-state index contributed by atoms with van der Waals surface area (Å²) >= 11 is 6.04. The molecule has 1 aliphatic heterocycles. The van der Waals surface area contributed by atoms with Gasteiger partial charge >= 0.3 is 5.97 Å². The van der Waals surface area contributed by atoms with Crippen LogP contribution >= 0.6 is 11.6 Å². The molecule has 0 spiro atoms. The molecule has 1 aliphatic rings. The summed E-state index contributed by atoms with van der Waals surface area (Å²) in [5, 5.41) is 0.603. The van der Waals surface area contributed by atoms with Crippen LogP contribution in [0.25, 0.3) is 17.0 Å². The van der Waals surface area contributed by atoms with Gasteiger partial charge in [0.05, 0.1) is 24.9 Å². The van der Waals surface area contributed by atoms with Crippen LogP contribution in [0.1, 0.15) is 58.8 Å². The highest BCUT2D eigenvalue weighted by Crippen LogP contribution is 2.30. The van der Waals surface area contributed by atoms with Crippen molar-refractivity contribution in [3.63, 3.8) is 0 Å². The normalized spacial score (nSPS) is 17.3. The van der Waals surface area contributed by atoms with E-state index in [-0.39, 0.29) is 49.7 Å². The highest BCUT2D eigenvalue weighted by atomic mass is 35.5. The summed E-state index contributed by atoms with van der Waals surface area (Å²) in [7, 11) is 0. The molecule has 1 saturated heterocycles. The number of nitrogens with zero attached hydrogens (tertiary/aromatic N) is 4. The van der Waals surface area contributed by atoms with Crippen molar-refractivity contribution in [2.75, 3.05) is 18.1 Å². The number of alkyl halides is 1. The second-order valence-corrected chi connectivity index (χ2v) is 10.1. The van der Waals surface area contributed by atoms with Gasteiger partial charge in [0, 0.05) is 48.7 Å². The minimum Gasteiger partial charge on any atom is -0.466 e. The highest BCUT2D eigenvalue weighted by Gasteiger charge is 2.38. The fourth-order valence-electron chi connectivity index (χ4n) is 4.97. The van der Waals surface area contributed by atoms with Crippen LogP contribution in [0.4, 0.5) is 10.2 Å². The van der Waals surface area contributed by atoms with Crippen LogP contribution in [0, 0.1) is 0 Å². The summed E-state index contributed by atoms with van der Waals surface area (Å²) in [6.45, 7) is 4.72. The third kappa shape index (κ3) is 6.26. The van der Waals surface area contributed by atoms with Crippen molar-refractivity contribution in [1.29, 1.82) is 0 Å². The number of aromatic nitrogens is 3. The van der Waals surface area contributed by atoms with Gasteiger partial charge in [-0.05, 0) is 31.9 Å². The third-order valence-corrected chi connectivity index (χ3v) is 7.10. The molecule has 0 aliphatic carbocycles. The van der Waals surface area contributed by atoms with Crippen molar-refractivity contribution in [3.8, 4) is 11.3 Å². The summed E-state index contributed by atoms with van der Waals surface area (Å²) in [5.74, 6) is 0.449.